The van der Waals surface area contributed by atoms with Gasteiger partial charge in [-0.3, -0.25) is 0 Å². The van der Waals surface area contributed by atoms with E-state index in [1.165, 1.54) is 11.1 Å². The highest BCUT2D eigenvalue weighted by Crippen LogP contribution is 2.32. The summed E-state index contributed by atoms with van der Waals surface area (Å²) in [6, 6.07) is 8.65. The Bertz CT molecular complexity index is 643. The van der Waals surface area contributed by atoms with Gasteiger partial charge in [-0.2, -0.15) is 5.26 Å². The molecule has 0 fully saturated rings. The summed E-state index contributed by atoms with van der Waals surface area (Å²) < 4.78 is 0. The second-order valence-corrected chi connectivity index (χ2v) is 6.43. The molecule has 0 aliphatic carbocycles. The number of rotatable bonds is 0. The zero-order chi connectivity index (χ0) is 16.2. The van der Waals surface area contributed by atoms with Gasteiger partial charge in [0.15, 0.2) is 0 Å². The lowest BCUT2D eigenvalue weighted by atomic mass is 9.91. The van der Waals surface area contributed by atoms with Crippen LogP contribution in [-0.2, 0) is 13.1 Å². The van der Waals surface area contributed by atoms with Crippen LogP contribution in [0, 0.1) is 11.3 Å². The lowest BCUT2D eigenvalue weighted by Gasteiger charge is -2.33. The van der Waals surface area contributed by atoms with Gasteiger partial charge < -0.3 is 20.9 Å². The van der Waals surface area contributed by atoms with Crippen LogP contribution in [-0.4, -0.2) is 43.0 Å². The van der Waals surface area contributed by atoms with E-state index in [-0.39, 0.29) is 0 Å². The van der Waals surface area contributed by atoms with Crippen molar-refractivity contribution >= 4 is 5.57 Å². The van der Waals surface area contributed by atoms with Gasteiger partial charge in [-0.05, 0) is 50.7 Å². The maximum atomic E-state index is 9.66. The molecule has 3 aliphatic rings. The summed E-state index contributed by atoms with van der Waals surface area (Å²) in [7, 11) is 2.17. The van der Waals surface area contributed by atoms with Crippen LogP contribution < -0.4 is 11.1 Å². The molecule has 5 heteroatoms. The third-order valence-corrected chi connectivity index (χ3v) is 4.73. The fraction of sp³-hybridized carbons (Fsp3) is 0.500. The van der Waals surface area contributed by atoms with Crippen LogP contribution in [0.3, 0.4) is 0 Å². The lowest BCUT2D eigenvalue weighted by molar-refractivity contribution is 0.273. The van der Waals surface area contributed by atoms with E-state index >= 15 is 0 Å². The molecule has 0 saturated carbocycles. The average molecular weight is 311 g/mol. The smallest absolute Gasteiger partial charge is 0.118 e. The number of nitrogens with zero attached hydrogens (tertiary/aromatic N) is 3. The first-order valence-corrected chi connectivity index (χ1v) is 8.36. The fourth-order valence-corrected chi connectivity index (χ4v) is 3.48. The number of nitrogens with one attached hydrogen (secondary N) is 1. The van der Waals surface area contributed by atoms with Crippen molar-refractivity contribution < 1.29 is 0 Å². The SMILES string of the molecule is CN1CCCNCc2cccc3c2C(C#N)=C(N)N(CCC1)C3. The van der Waals surface area contributed by atoms with E-state index in [1.807, 2.05) is 0 Å². The highest BCUT2D eigenvalue weighted by Gasteiger charge is 2.25. The monoisotopic (exact) mass is 311 g/mol. The Morgan fingerprint density at radius 1 is 1.17 bits per heavy atom. The van der Waals surface area contributed by atoms with Crippen LogP contribution >= 0.6 is 0 Å². The minimum atomic E-state index is 0.632. The number of nitrogens with two attached hydrogens (primary N) is 1. The van der Waals surface area contributed by atoms with E-state index in [0.29, 0.717) is 11.4 Å². The molecule has 0 saturated heterocycles. The van der Waals surface area contributed by atoms with Crippen LogP contribution in [0.5, 0.6) is 0 Å². The number of hydrogen-bond acceptors (Lipinski definition) is 5. The van der Waals surface area contributed by atoms with Crippen molar-refractivity contribution in [3.63, 3.8) is 0 Å². The summed E-state index contributed by atoms with van der Waals surface area (Å²) in [5.41, 5.74) is 10.4. The second kappa shape index (κ2) is 7.03. The van der Waals surface area contributed by atoms with Crippen LogP contribution in [0.1, 0.15) is 29.5 Å². The zero-order valence-corrected chi connectivity index (χ0v) is 13.8. The quantitative estimate of drug-likeness (QED) is 0.759. The summed E-state index contributed by atoms with van der Waals surface area (Å²) >= 11 is 0. The van der Waals surface area contributed by atoms with Crippen molar-refractivity contribution in [1.82, 2.24) is 15.1 Å². The summed E-state index contributed by atoms with van der Waals surface area (Å²) in [4.78, 5) is 4.52. The average Bonchev–Trinajstić information content (AvgIpc) is 2.54. The van der Waals surface area contributed by atoms with E-state index in [2.05, 4.69) is 46.4 Å². The molecular formula is C18H25N5. The second-order valence-electron chi connectivity index (χ2n) is 6.43. The number of allylic oxidation sites excluding steroid dienone is 1. The van der Waals surface area contributed by atoms with Crippen molar-refractivity contribution in [3.8, 4) is 6.07 Å². The van der Waals surface area contributed by atoms with Gasteiger partial charge >= 0.3 is 0 Å². The molecular weight excluding hydrogens is 286 g/mol. The Balaban J connectivity index is 1.98. The van der Waals surface area contributed by atoms with Gasteiger partial charge in [0.25, 0.3) is 0 Å². The number of hydrogen-bond donors (Lipinski definition) is 2. The van der Waals surface area contributed by atoms with Gasteiger partial charge in [-0.25, -0.2) is 0 Å². The minimum Gasteiger partial charge on any atom is -0.384 e. The van der Waals surface area contributed by atoms with E-state index in [4.69, 9.17) is 5.73 Å². The number of nitriles is 1. The van der Waals surface area contributed by atoms with Gasteiger partial charge in [0.2, 0.25) is 0 Å². The standard InChI is InChI=1S/C18H25N5/c1-22-8-3-7-21-12-14-5-2-6-15-13-23(10-4-9-22)18(20)16(11-19)17(14)15/h2,5-6,21H,3-4,7-10,12-13,20H2,1H3. The van der Waals surface area contributed by atoms with Gasteiger partial charge in [0.1, 0.15) is 11.9 Å². The molecule has 1 aromatic carbocycles. The Morgan fingerprint density at radius 3 is 2.78 bits per heavy atom. The molecule has 0 amide bonds. The minimum absolute atomic E-state index is 0.632. The first-order valence-electron chi connectivity index (χ1n) is 8.36. The molecule has 4 bridgehead atoms. The van der Waals surface area contributed by atoms with Gasteiger partial charge in [-0.1, -0.05) is 18.2 Å². The molecule has 4 rings (SSSR count). The van der Waals surface area contributed by atoms with Crippen LogP contribution in [0.2, 0.25) is 0 Å². The number of fused-ring (bicyclic) bond motifs is 8. The summed E-state index contributed by atoms with van der Waals surface area (Å²) in [6.45, 7) is 5.62. The molecule has 1 aromatic rings. The van der Waals surface area contributed by atoms with E-state index in [0.717, 1.165) is 57.7 Å². The van der Waals surface area contributed by atoms with Gasteiger partial charge in [-0.15, -0.1) is 0 Å². The lowest BCUT2D eigenvalue weighted by Crippen LogP contribution is -2.35. The summed E-state index contributed by atoms with van der Waals surface area (Å²) in [5.74, 6) is 0.632. The first-order chi connectivity index (χ1) is 11.2. The molecule has 5 nitrogen and oxygen atoms in total. The molecule has 0 unspecified atom stereocenters. The molecule has 0 aromatic heterocycles. The van der Waals surface area contributed by atoms with E-state index < -0.39 is 0 Å². The molecule has 0 atom stereocenters. The zero-order valence-electron chi connectivity index (χ0n) is 13.8. The molecule has 122 valence electrons. The predicted molar refractivity (Wildman–Crippen MR) is 92.0 cm³/mol. The summed E-state index contributed by atoms with van der Waals surface area (Å²) in [6.07, 6.45) is 2.19. The Kier molecular flexibility index (Phi) is 4.85. The highest BCUT2D eigenvalue weighted by atomic mass is 15.2. The van der Waals surface area contributed by atoms with Crippen molar-refractivity contribution in [1.29, 1.82) is 5.26 Å². The highest BCUT2D eigenvalue weighted by molar-refractivity contribution is 5.83. The van der Waals surface area contributed by atoms with Crippen molar-refractivity contribution in [2.45, 2.75) is 25.9 Å². The topological polar surface area (TPSA) is 68.3 Å². The Hall–Kier alpha value is -2.03. The number of benzene rings is 1. The fourth-order valence-electron chi connectivity index (χ4n) is 3.48. The molecule has 0 spiro atoms. The molecule has 3 N–H and O–H groups in total. The van der Waals surface area contributed by atoms with Crippen LogP contribution in [0.4, 0.5) is 0 Å². The molecule has 3 heterocycles. The van der Waals surface area contributed by atoms with E-state index in [1.54, 1.807) is 0 Å². The third kappa shape index (κ3) is 3.34. The maximum absolute atomic E-state index is 9.66. The molecule has 0 radical (unpaired) electrons. The largest absolute Gasteiger partial charge is 0.384 e. The Morgan fingerprint density at radius 2 is 1.96 bits per heavy atom. The normalized spacial score (nSPS) is 20.3. The third-order valence-electron chi connectivity index (χ3n) is 4.73. The molecule has 23 heavy (non-hydrogen) atoms. The van der Waals surface area contributed by atoms with Gasteiger partial charge in [0.05, 0.1) is 5.57 Å². The van der Waals surface area contributed by atoms with Gasteiger partial charge in [0, 0.05) is 25.2 Å². The first kappa shape index (κ1) is 15.9. The predicted octanol–water partition coefficient (Wildman–Crippen LogP) is 1.47. The Labute approximate surface area is 138 Å². The van der Waals surface area contributed by atoms with Crippen molar-refractivity contribution in [2.24, 2.45) is 5.73 Å². The van der Waals surface area contributed by atoms with Crippen LogP contribution in [0.25, 0.3) is 5.57 Å². The van der Waals surface area contributed by atoms with Crippen molar-refractivity contribution in [3.05, 3.63) is 40.7 Å². The van der Waals surface area contributed by atoms with Crippen molar-refractivity contribution in [2.75, 3.05) is 33.2 Å². The summed E-state index contributed by atoms with van der Waals surface area (Å²) in [5, 5.41) is 13.2. The van der Waals surface area contributed by atoms with E-state index in [9.17, 15) is 5.26 Å². The van der Waals surface area contributed by atoms with Crippen LogP contribution in [0.15, 0.2) is 24.0 Å². The maximum Gasteiger partial charge on any atom is 0.118 e. The molecule has 3 aliphatic heterocycles.